The Labute approximate surface area is 196 Å². The molecule has 178 valence electrons. The van der Waals surface area contributed by atoms with Crippen LogP contribution in [0, 0.1) is 13.8 Å². The first-order chi connectivity index (χ1) is 16.3. The Morgan fingerprint density at radius 2 is 1.65 bits per heavy atom. The van der Waals surface area contributed by atoms with E-state index in [2.05, 4.69) is 10.3 Å². The highest BCUT2D eigenvalue weighted by atomic mass is 16.6. The average molecular weight is 466 g/mol. The van der Waals surface area contributed by atoms with E-state index >= 15 is 0 Å². The minimum atomic E-state index is -0.773. The number of amides is 2. The van der Waals surface area contributed by atoms with Gasteiger partial charge in [0.15, 0.2) is 5.96 Å². The lowest BCUT2D eigenvalue weighted by Gasteiger charge is -2.29. The average Bonchev–Trinajstić information content (AvgIpc) is 3.20. The zero-order chi connectivity index (χ0) is 24.2. The minimum absolute atomic E-state index is 0.0187. The van der Waals surface area contributed by atoms with E-state index in [0.29, 0.717) is 11.1 Å². The highest BCUT2D eigenvalue weighted by Gasteiger charge is 2.43. The zero-order valence-corrected chi connectivity index (χ0v) is 18.9. The van der Waals surface area contributed by atoms with Crippen LogP contribution in [0.3, 0.4) is 0 Å². The molecular formula is C24H26N4O6. The molecule has 10 heteroatoms. The van der Waals surface area contributed by atoms with Gasteiger partial charge in [0.05, 0.1) is 17.8 Å². The number of aliphatic imine (C=N–C) groups is 1. The summed E-state index contributed by atoms with van der Waals surface area (Å²) in [5.41, 5.74) is 8.36. The minimum Gasteiger partial charge on any atom is -0.459 e. The smallest absolute Gasteiger partial charge is 0.350 e. The molecule has 10 nitrogen and oxygen atoms in total. The molecule has 1 fully saturated rings. The van der Waals surface area contributed by atoms with Crippen LogP contribution >= 0.6 is 0 Å². The number of ether oxygens (including phenoxy) is 3. The molecule has 2 aromatic carbocycles. The second-order valence-corrected chi connectivity index (χ2v) is 8.22. The Morgan fingerprint density at radius 3 is 2.24 bits per heavy atom. The van der Waals surface area contributed by atoms with Crippen molar-refractivity contribution in [1.82, 2.24) is 10.2 Å². The number of rotatable bonds is 6. The van der Waals surface area contributed by atoms with E-state index in [1.165, 1.54) is 4.90 Å². The predicted octanol–water partition coefficient (Wildman–Crippen LogP) is 2.10. The van der Waals surface area contributed by atoms with Gasteiger partial charge in [-0.2, -0.15) is 4.99 Å². The fourth-order valence-electron chi connectivity index (χ4n) is 3.66. The normalized spacial score (nSPS) is 22.1. The molecule has 0 aromatic heterocycles. The summed E-state index contributed by atoms with van der Waals surface area (Å²) in [5, 5.41) is 2.78. The van der Waals surface area contributed by atoms with E-state index in [0.717, 1.165) is 11.1 Å². The van der Waals surface area contributed by atoms with Gasteiger partial charge in [0, 0.05) is 6.42 Å². The van der Waals surface area contributed by atoms with Crippen LogP contribution in [0.5, 0.6) is 0 Å². The quantitative estimate of drug-likeness (QED) is 0.619. The van der Waals surface area contributed by atoms with Crippen LogP contribution in [0.25, 0.3) is 0 Å². The van der Waals surface area contributed by atoms with Crippen molar-refractivity contribution in [3.63, 3.8) is 0 Å². The molecule has 2 heterocycles. The van der Waals surface area contributed by atoms with Crippen molar-refractivity contribution in [2.75, 3.05) is 13.3 Å². The van der Waals surface area contributed by atoms with E-state index < -0.39 is 36.4 Å². The van der Waals surface area contributed by atoms with Crippen molar-refractivity contribution >= 4 is 23.9 Å². The summed E-state index contributed by atoms with van der Waals surface area (Å²) in [6, 6.07) is 13.4. The number of hydrogen-bond acceptors (Lipinski definition) is 8. The fraction of sp³-hybridized carbons (Fsp3) is 0.333. The summed E-state index contributed by atoms with van der Waals surface area (Å²) in [4.78, 5) is 42.5. The van der Waals surface area contributed by atoms with E-state index in [1.807, 2.05) is 38.1 Å². The van der Waals surface area contributed by atoms with Crippen molar-refractivity contribution in [2.45, 2.75) is 38.7 Å². The summed E-state index contributed by atoms with van der Waals surface area (Å²) in [7, 11) is 0. The second-order valence-electron chi connectivity index (χ2n) is 8.22. The molecule has 3 N–H and O–H groups in total. The molecule has 2 aliphatic heterocycles. The summed E-state index contributed by atoms with van der Waals surface area (Å²) in [5.74, 6) is -1.04. The number of carbonyl (C=O) groups excluding carboxylic acids is 3. The lowest BCUT2D eigenvalue weighted by Crippen LogP contribution is -2.52. The third-order valence-corrected chi connectivity index (χ3v) is 5.63. The molecule has 3 atom stereocenters. The van der Waals surface area contributed by atoms with Gasteiger partial charge in [-0.05, 0) is 38.1 Å². The van der Waals surface area contributed by atoms with E-state index in [4.69, 9.17) is 19.9 Å². The van der Waals surface area contributed by atoms with Crippen LogP contribution in [0.2, 0.25) is 0 Å². The van der Waals surface area contributed by atoms with Crippen molar-refractivity contribution < 1.29 is 28.6 Å². The molecule has 2 aliphatic rings. The number of nitrogens with two attached hydrogens (primary N) is 1. The SMILES string of the molecule is Cc1ccc(C(=O)OC[C@H]2O[C@H](N3CNC(N)=NC3=O)C[C@@H]2OC(=O)c2ccc(C)cc2)cc1. The molecule has 0 spiro atoms. The molecule has 34 heavy (non-hydrogen) atoms. The van der Waals surface area contributed by atoms with Gasteiger partial charge < -0.3 is 25.3 Å². The predicted molar refractivity (Wildman–Crippen MR) is 122 cm³/mol. The number of benzene rings is 2. The number of esters is 2. The number of carbonyl (C=O) groups is 3. The van der Waals surface area contributed by atoms with Gasteiger partial charge in [-0.1, -0.05) is 35.4 Å². The number of nitrogens with one attached hydrogen (secondary N) is 1. The molecule has 0 bridgehead atoms. The zero-order valence-electron chi connectivity index (χ0n) is 18.9. The highest BCUT2D eigenvalue weighted by molar-refractivity contribution is 5.93. The molecule has 0 aliphatic carbocycles. The van der Waals surface area contributed by atoms with Crippen molar-refractivity contribution in [1.29, 1.82) is 0 Å². The van der Waals surface area contributed by atoms with Gasteiger partial charge in [-0.15, -0.1) is 0 Å². The number of nitrogens with zero attached hydrogens (tertiary/aromatic N) is 2. The molecule has 2 amide bonds. The summed E-state index contributed by atoms with van der Waals surface area (Å²) >= 11 is 0. The monoisotopic (exact) mass is 466 g/mol. The van der Waals surface area contributed by atoms with Gasteiger partial charge >= 0.3 is 18.0 Å². The maximum Gasteiger partial charge on any atom is 0.350 e. The van der Waals surface area contributed by atoms with Crippen molar-refractivity contribution in [3.8, 4) is 0 Å². The number of urea groups is 1. The fourth-order valence-corrected chi connectivity index (χ4v) is 3.66. The molecular weight excluding hydrogens is 440 g/mol. The van der Waals surface area contributed by atoms with Crippen LogP contribution in [-0.4, -0.2) is 60.5 Å². The lowest BCUT2D eigenvalue weighted by atomic mass is 10.1. The van der Waals surface area contributed by atoms with Gasteiger partial charge in [0.25, 0.3) is 0 Å². The number of aryl methyl sites for hydroxylation is 2. The number of guanidine groups is 1. The molecule has 4 rings (SSSR count). The van der Waals surface area contributed by atoms with Crippen LogP contribution < -0.4 is 11.1 Å². The highest BCUT2D eigenvalue weighted by Crippen LogP contribution is 2.28. The Bertz CT molecular complexity index is 1100. The Balaban J connectivity index is 1.46. The van der Waals surface area contributed by atoms with Crippen LogP contribution in [0.15, 0.2) is 53.5 Å². The van der Waals surface area contributed by atoms with E-state index in [1.54, 1.807) is 24.3 Å². The molecule has 2 aromatic rings. The first-order valence-electron chi connectivity index (χ1n) is 10.9. The first-order valence-corrected chi connectivity index (χ1v) is 10.9. The maximum absolute atomic E-state index is 12.7. The summed E-state index contributed by atoms with van der Waals surface area (Å²) in [6.07, 6.45) is -2.08. The van der Waals surface area contributed by atoms with Crippen LogP contribution in [0.4, 0.5) is 4.79 Å². The number of hydrogen-bond donors (Lipinski definition) is 2. The standard InChI is InChI=1S/C24H26N4O6/c1-14-3-7-16(8-4-14)21(29)32-12-19-18(34-22(30)17-9-5-15(2)6-10-17)11-20(33-19)28-13-26-23(25)27-24(28)31/h3-10,18-20H,11-13H2,1-2H3,(H3,25,26,27,31)/t18-,19+,20-/m0/s1. The topological polar surface area (TPSA) is 133 Å². The summed E-state index contributed by atoms with van der Waals surface area (Å²) in [6.45, 7) is 3.77. The molecule has 1 saturated heterocycles. The van der Waals surface area contributed by atoms with Crippen LogP contribution in [0.1, 0.15) is 38.3 Å². The molecule has 0 unspecified atom stereocenters. The second kappa shape index (κ2) is 9.92. The Morgan fingerprint density at radius 1 is 1.06 bits per heavy atom. The van der Waals surface area contributed by atoms with Crippen LogP contribution in [-0.2, 0) is 14.2 Å². The maximum atomic E-state index is 12.7. The largest absolute Gasteiger partial charge is 0.459 e. The third kappa shape index (κ3) is 5.34. The Kier molecular flexibility index (Phi) is 6.78. The Hall–Kier alpha value is -3.92. The summed E-state index contributed by atoms with van der Waals surface area (Å²) < 4.78 is 17.1. The third-order valence-electron chi connectivity index (χ3n) is 5.63. The van der Waals surface area contributed by atoms with Gasteiger partial charge in [-0.3, -0.25) is 4.90 Å². The van der Waals surface area contributed by atoms with Gasteiger partial charge in [0.2, 0.25) is 0 Å². The van der Waals surface area contributed by atoms with E-state index in [-0.39, 0.29) is 25.7 Å². The van der Waals surface area contributed by atoms with Gasteiger partial charge in [0.1, 0.15) is 25.0 Å². The first kappa shape index (κ1) is 23.2. The molecule has 0 radical (unpaired) electrons. The van der Waals surface area contributed by atoms with Crippen molar-refractivity contribution in [2.24, 2.45) is 10.7 Å². The lowest BCUT2D eigenvalue weighted by molar-refractivity contribution is -0.0720. The van der Waals surface area contributed by atoms with Crippen molar-refractivity contribution in [3.05, 3.63) is 70.8 Å². The molecule has 0 saturated carbocycles. The van der Waals surface area contributed by atoms with Gasteiger partial charge in [-0.25, -0.2) is 14.4 Å². The van der Waals surface area contributed by atoms with E-state index in [9.17, 15) is 14.4 Å².